The third-order valence-electron chi connectivity index (χ3n) is 4.88. The van der Waals surface area contributed by atoms with Gasteiger partial charge in [0, 0.05) is 0 Å². The number of esters is 1. The van der Waals surface area contributed by atoms with E-state index in [0.29, 0.717) is 5.56 Å². The summed E-state index contributed by atoms with van der Waals surface area (Å²) in [7, 11) is 0. The monoisotopic (exact) mass is 546 g/mol. The SMILES string of the molecule is CC(C)(C)OC(=O)N(C(=O)OCc1ccccc1)[C@@H](CCCCN)C(=O)Oc1c(F)c(F)c(F)c(F)c1F. The summed E-state index contributed by atoms with van der Waals surface area (Å²) in [6, 6.07) is 6.32. The van der Waals surface area contributed by atoms with Crippen molar-refractivity contribution in [2.45, 2.75) is 58.3 Å². The predicted molar refractivity (Wildman–Crippen MR) is 123 cm³/mol. The van der Waals surface area contributed by atoms with Crippen LogP contribution in [0.5, 0.6) is 5.75 Å². The first-order valence-corrected chi connectivity index (χ1v) is 11.4. The second-order valence-electron chi connectivity index (χ2n) is 9.01. The Kier molecular flexibility index (Phi) is 10.6. The smallest absolute Gasteiger partial charge is 0.420 e. The van der Waals surface area contributed by atoms with Crippen molar-refractivity contribution in [1.29, 1.82) is 0 Å². The van der Waals surface area contributed by atoms with Gasteiger partial charge in [-0.15, -0.1) is 0 Å². The van der Waals surface area contributed by atoms with Crippen LogP contribution in [0.25, 0.3) is 0 Å². The molecule has 0 aliphatic carbocycles. The summed E-state index contributed by atoms with van der Waals surface area (Å²) in [5, 5.41) is 0. The highest BCUT2D eigenvalue weighted by atomic mass is 19.2. The van der Waals surface area contributed by atoms with Gasteiger partial charge in [0.1, 0.15) is 18.2 Å². The van der Waals surface area contributed by atoms with Crippen LogP contribution < -0.4 is 10.5 Å². The molecule has 0 heterocycles. The molecule has 2 rings (SSSR count). The molecule has 0 bridgehead atoms. The molecule has 0 spiro atoms. The van der Waals surface area contributed by atoms with Crippen LogP contribution in [0.15, 0.2) is 30.3 Å². The van der Waals surface area contributed by atoms with Gasteiger partial charge in [-0.1, -0.05) is 30.3 Å². The fourth-order valence-electron chi connectivity index (χ4n) is 3.11. The van der Waals surface area contributed by atoms with E-state index in [4.69, 9.17) is 15.2 Å². The molecule has 0 aromatic heterocycles. The molecule has 0 aliphatic heterocycles. The number of hydrogen-bond acceptors (Lipinski definition) is 7. The van der Waals surface area contributed by atoms with Crippen LogP contribution in [0.4, 0.5) is 31.5 Å². The van der Waals surface area contributed by atoms with E-state index in [1.807, 2.05) is 0 Å². The zero-order chi connectivity index (χ0) is 28.6. The van der Waals surface area contributed by atoms with Crippen LogP contribution in [0.2, 0.25) is 0 Å². The van der Waals surface area contributed by atoms with E-state index in [1.165, 1.54) is 20.8 Å². The highest BCUT2D eigenvalue weighted by molar-refractivity contribution is 5.94. The molecular formula is C25H27F5N2O6. The fourth-order valence-corrected chi connectivity index (χ4v) is 3.11. The number of ether oxygens (including phenoxy) is 3. The summed E-state index contributed by atoms with van der Waals surface area (Å²) in [4.78, 5) is 39.3. The van der Waals surface area contributed by atoms with E-state index in [1.54, 1.807) is 30.3 Å². The zero-order valence-electron chi connectivity index (χ0n) is 20.9. The Morgan fingerprint density at radius 1 is 0.868 bits per heavy atom. The number of halogens is 5. The average molecular weight is 546 g/mol. The van der Waals surface area contributed by atoms with Gasteiger partial charge in [0.2, 0.25) is 34.8 Å². The Morgan fingerprint density at radius 3 is 1.95 bits per heavy atom. The van der Waals surface area contributed by atoms with Crippen molar-refractivity contribution in [3.63, 3.8) is 0 Å². The topological polar surface area (TPSA) is 108 Å². The average Bonchev–Trinajstić information content (AvgIpc) is 2.86. The minimum Gasteiger partial charge on any atom is -0.444 e. The van der Waals surface area contributed by atoms with Gasteiger partial charge in [0.05, 0.1) is 0 Å². The van der Waals surface area contributed by atoms with E-state index in [2.05, 4.69) is 4.74 Å². The molecule has 2 aromatic rings. The molecule has 2 amide bonds. The standard InChI is InChI=1S/C25H27F5N2O6/c1-25(2,3)38-24(35)32(23(34)36-13-14-9-5-4-6-10-14)15(11-7-8-12-31)22(33)37-21-19(29)17(27)16(26)18(28)20(21)30/h4-6,9-10,15H,7-8,11-13,31H2,1-3H3/t15-/m0/s1. The lowest BCUT2D eigenvalue weighted by Crippen LogP contribution is -2.52. The number of carbonyl (C=O) groups excluding carboxylic acids is 3. The number of nitrogens with two attached hydrogens (primary N) is 1. The van der Waals surface area contributed by atoms with Crippen molar-refractivity contribution in [2.24, 2.45) is 5.73 Å². The first-order valence-electron chi connectivity index (χ1n) is 11.4. The van der Waals surface area contributed by atoms with E-state index >= 15 is 0 Å². The molecule has 0 fully saturated rings. The van der Waals surface area contributed by atoms with Gasteiger partial charge in [0.25, 0.3) is 0 Å². The van der Waals surface area contributed by atoms with Gasteiger partial charge < -0.3 is 19.9 Å². The van der Waals surface area contributed by atoms with Crippen molar-refractivity contribution in [1.82, 2.24) is 4.90 Å². The van der Waals surface area contributed by atoms with Gasteiger partial charge >= 0.3 is 18.2 Å². The van der Waals surface area contributed by atoms with Gasteiger partial charge in [-0.2, -0.15) is 13.7 Å². The van der Waals surface area contributed by atoms with Crippen LogP contribution in [0.1, 0.15) is 45.6 Å². The Morgan fingerprint density at radius 2 is 1.42 bits per heavy atom. The molecule has 0 saturated carbocycles. The highest BCUT2D eigenvalue weighted by Crippen LogP contribution is 2.30. The van der Waals surface area contributed by atoms with E-state index in [-0.39, 0.29) is 37.3 Å². The van der Waals surface area contributed by atoms with Crippen LogP contribution in [0, 0.1) is 29.1 Å². The first kappa shape index (κ1) is 30.5. The summed E-state index contributed by atoms with van der Waals surface area (Å²) in [6.07, 6.45) is -2.73. The maximum atomic E-state index is 14.2. The number of unbranched alkanes of at least 4 members (excludes halogenated alkanes) is 1. The molecule has 1 atom stereocenters. The second-order valence-corrected chi connectivity index (χ2v) is 9.01. The van der Waals surface area contributed by atoms with Crippen LogP contribution in [0.3, 0.4) is 0 Å². The Balaban J connectivity index is 2.47. The molecule has 2 N–H and O–H groups in total. The quantitative estimate of drug-likeness (QED) is 0.113. The number of imide groups is 1. The summed E-state index contributed by atoms with van der Waals surface area (Å²) in [6.45, 7) is 4.21. The minimum absolute atomic E-state index is 0.0959. The Bertz CT molecular complexity index is 1130. The van der Waals surface area contributed by atoms with Gasteiger partial charge in [-0.05, 0) is 52.1 Å². The van der Waals surface area contributed by atoms with E-state index in [0.717, 1.165) is 0 Å². The number of amides is 2. The third kappa shape index (κ3) is 7.88. The Hall–Kier alpha value is -3.74. The van der Waals surface area contributed by atoms with Crippen molar-refractivity contribution >= 4 is 18.2 Å². The third-order valence-corrected chi connectivity index (χ3v) is 4.88. The predicted octanol–water partition coefficient (Wildman–Crippen LogP) is 5.36. The summed E-state index contributed by atoms with van der Waals surface area (Å²) >= 11 is 0. The normalized spacial score (nSPS) is 12.0. The lowest BCUT2D eigenvalue weighted by molar-refractivity contribution is -0.140. The Labute approximate surface area is 215 Å². The molecule has 0 saturated heterocycles. The van der Waals surface area contributed by atoms with Crippen molar-refractivity contribution in [2.75, 3.05) is 6.54 Å². The van der Waals surface area contributed by atoms with Crippen molar-refractivity contribution in [3.8, 4) is 5.75 Å². The maximum Gasteiger partial charge on any atom is 0.420 e. The largest absolute Gasteiger partial charge is 0.444 e. The van der Waals surface area contributed by atoms with Crippen molar-refractivity contribution < 1.29 is 50.5 Å². The van der Waals surface area contributed by atoms with Gasteiger partial charge in [-0.3, -0.25) is 0 Å². The first-order chi connectivity index (χ1) is 17.8. The minimum atomic E-state index is -2.46. The molecule has 8 nitrogen and oxygen atoms in total. The highest BCUT2D eigenvalue weighted by Gasteiger charge is 2.41. The molecule has 38 heavy (non-hydrogen) atoms. The number of benzene rings is 2. The molecule has 2 aromatic carbocycles. The molecule has 13 heteroatoms. The summed E-state index contributed by atoms with van der Waals surface area (Å²) in [5.74, 6) is -15.5. The number of rotatable bonds is 9. The number of hydrogen-bond donors (Lipinski definition) is 1. The molecule has 0 radical (unpaired) electrons. The fraction of sp³-hybridized carbons (Fsp3) is 0.400. The number of nitrogens with zero attached hydrogens (tertiary/aromatic N) is 1. The van der Waals surface area contributed by atoms with Gasteiger partial charge in [-0.25, -0.2) is 27.6 Å². The second kappa shape index (κ2) is 13.2. The number of carbonyl (C=O) groups is 3. The molecule has 0 unspecified atom stereocenters. The zero-order valence-corrected chi connectivity index (χ0v) is 20.9. The molecule has 208 valence electrons. The van der Waals surface area contributed by atoms with Crippen LogP contribution in [-0.4, -0.2) is 41.2 Å². The van der Waals surface area contributed by atoms with Crippen molar-refractivity contribution in [3.05, 3.63) is 65.0 Å². The van der Waals surface area contributed by atoms with Gasteiger partial charge in [0.15, 0.2) is 0 Å². The summed E-state index contributed by atoms with van der Waals surface area (Å²) in [5.41, 5.74) is 4.82. The van der Waals surface area contributed by atoms with E-state index in [9.17, 15) is 36.3 Å². The lowest BCUT2D eigenvalue weighted by Gasteiger charge is -2.30. The van der Waals surface area contributed by atoms with E-state index < -0.39 is 64.6 Å². The maximum absolute atomic E-state index is 14.2. The van der Waals surface area contributed by atoms with Crippen LogP contribution in [-0.2, 0) is 20.9 Å². The lowest BCUT2D eigenvalue weighted by atomic mass is 10.1. The van der Waals surface area contributed by atoms with Crippen LogP contribution >= 0.6 is 0 Å². The summed E-state index contributed by atoms with van der Waals surface area (Å²) < 4.78 is 83.9. The molecular weight excluding hydrogens is 519 g/mol. The molecule has 0 aliphatic rings.